The average Bonchev–Trinajstić information content (AvgIpc) is 3.06. The number of hydrogen-bond donors (Lipinski definition) is 3. The van der Waals surface area contributed by atoms with Crippen LogP contribution >= 0.6 is 0 Å². The predicted molar refractivity (Wildman–Crippen MR) is 110 cm³/mol. The highest BCUT2D eigenvalue weighted by Crippen LogP contribution is 2.22. The van der Waals surface area contributed by atoms with Gasteiger partial charge in [0.25, 0.3) is 5.56 Å². The third-order valence-corrected chi connectivity index (χ3v) is 4.61. The molecule has 0 spiro atoms. The summed E-state index contributed by atoms with van der Waals surface area (Å²) in [6, 6.07) is 8.08. The molecule has 0 unspecified atom stereocenters. The highest BCUT2D eigenvalue weighted by Gasteiger charge is 2.11. The van der Waals surface area contributed by atoms with E-state index in [1.807, 2.05) is 45.2 Å². The summed E-state index contributed by atoms with van der Waals surface area (Å²) in [7, 11) is 0. The Kier molecular flexibility index (Phi) is 4.65. The Morgan fingerprint density at radius 1 is 1.14 bits per heavy atom. The van der Waals surface area contributed by atoms with Crippen molar-refractivity contribution in [2.45, 2.75) is 33.2 Å². The molecule has 4 rings (SSSR count). The number of fused-ring (bicyclic) bond motifs is 1. The molecule has 0 aliphatic rings. The Hall–Kier alpha value is -3.48. The number of aryl methyl sites for hydroxylation is 1. The molecule has 0 saturated heterocycles. The third-order valence-electron chi connectivity index (χ3n) is 4.61. The van der Waals surface area contributed by atoms with Crippen LogP contribution in [0.2, 0.25) is 0 Å². The fourth-order valence-electron chi connectivity index (χ4n) is 3.21. The van der Waals surface area contributed by atoms with Crippen LogP contribution in [0.1, 0.15) is 30.7 Å². The van der Waals surface area contributed by atoms with E-state index in [4.69, 9.17) is 0 Å². The minimum absolute atomic E-state index is 0.188. The van der Waals surface area contributed by atoms with E-state index in [1.54, 1.807) is 12.4 Å². The van der Waals surface area contributed by atoms with Gasteiger partial charge in [0, 0.05) is 42.1 Å². The van der Waals surface area contributed by atoms with Crippen LogP contribution < -0.4 is 10.9 Å². The van der Waals surface area contributed by atoms with Crippen molar-refractivity contribution in [3.05, 3.63) is 70.0 Å². The highest BCUT2D eigenvalue weighted by atomic mass is 16.1. The van der Waals surface area contributed by atoms with Gasteiger partial charge in [-0.15, -0.1) is 0 Å². The zero-order valence-corrected chi connectivity index (χ0v) is 16.1. The van der Waals surface area contributed by atoms with Crippen LogP contribution in [0.25, 0.3) is 22.3 Å². The molecule has 4 heterocycles. The van der Waals surface area contributed by atoms with Gasteiger partial charge in [0.05, 0.1) is 11.3 Å². The number of anilines is 1. The molecular weight excluding hydrogens is 352 g/mol. The quantitative estimate of drug-likeness (QED) is 0.497. The first-order chi connectivity index (χ1) is 13.5. The van der Waals surface area contributed by atoms with Gasteiger partial charge in [0.15, 0.2) is 0 Å². The second-order valence-corrected chi connectivity index (χ2v) is 7.10. The van der Waals surface area contributed by atoms with E-state index in [9.17, 15) is 4.79 Å². The molecule has 28 heavy (non-hydrogen) atoms. The number of pyridine rings is 2. The summed E-state index contributed by atoms with van der Waals surface area (Å²) in [5.41, 5.74) is 4.92. The molecule has 0 bridgehead atoms. The molecule has 7 nitrogen and oxygen atoms in total. The molecule has 0 aromatic carbocycles. The Labute approximate surface area is 162 Å². The molecule has 0 aliphatic carbocycles. The third kappa shape index (κ3) is 3.51. The summed E-state index contributed by atoms with van der Waals surface area (Å²) in [5, 5.41) is 4.20. The summed E-state index contributed by atoms with van der Waals surface area (Å²) in [6.07, 6.45) is 6.07. The summed E-state index contributed by atoms with van der Waals surface area (Å²) >= 11 is 0. The Balaban J connectivity index is 1.62. The lowest BCUT2D eigenvalue weighted by molar-refractivity contribution is 0.871. The average molecular weight is 374 g/mol. The van der Waals surface area contributed by atoms with Gasteiger partial charge in [-0.2, -0.15) is 0 Å². The minimum atomic E-state index is -0.208. The number of nitrogens with zero attached hydrogens (tertiary/aromatic N) is 3. The number of hydrogen-bond acceptors (Lipinski definition) is 5. The highest BCUT2D eigenvalue weighted by molar-refractivity contribution is 5.79. The number of rotatable bonds is 5. The molecular formula is C21H22N6O. The molecule has 7 heteroatoms. The van der Waals surface area contributed by atoms with Crippen molar-refractivity contribution in [2.75, 3.05) is 5.32 Å². The normalized spacial score (nSPS) is 11.3. The van der Waals surface area contributed by atoms with Gasteiger partial charge >= 0.3 is 0 Å². The van der Waals surface area contributed by atoms with E-state index in [0.717, 1.165) is 28.7 Å². The van der Waals surface area contributed by atoms with Crippen molar-refractivity contribution in [1.29, 1.82) is 0 Å². The fraction of sp³-hybridized carbons (Fsp3) is 0.238. The summed E-state index contributed by atoms with van der Waals surface area (Å²) in [4.78, 5) is 31.7. The number of H-pyrrole nitrogens is 2. The van der Waals surface area contributed by atoms with Gasteiger partial charge < -0.3 is 10.3 Å². The van der Waals surface area contributed by atoms with Crippen LogP contribution in [0.3, 0.4) is 0 Å². The van der Waals surface area contributed by atoms with E-state index in [1.165, 1.54) is 5.56 Å². The molecule has 0 aliphatic heterocycles. The zero-order chi connectivity index (χ0) is 19.7. The van der Waals surface area contributed by atoms with Crippen LogP contribution in [0.5, 0.6) is 0 Å². The van der Waals surface area contributed by atoms with E-state index in [2.05, 4.69) is 36.3 Å². The van der Waals surface area contributed by atoms with Crippen molar-refractivity contribution >= 4 is 17.0 Å². The maximum atomic E-state index is 12.4. The van der Waals surface area contributed by atoms with Crippen LogP contribution in [0.15, 0.2) is 47.7 Å². The van der Waals surface area contributed by atoms with Crippen molar-refractivity contribution in [3.63, 3.8) is 0 Å². The maximum Gasteiger partial charge on any atom is 0.261 e. The van der Waals surface area contributed by atoms with Crippen LogP contribution in [0.4, 0.5) is 5.95 Å². The number of aromatic nitrogens is 5. The van der Waals surface area contributed by atoms with E-state index in [-0.39, 0.29) is 11.6 Å². The van der Waals surface area contributed by atoms with Crippen molar-refractivity contribution in [2.24, 2.45) is 0 Å². The molecule has 0 fully saturated rings. The molecule has 0 amide bonds. The number of aromatic amines is 2. The monoisotopic (exact) mass is 374 g/mol. The predicted octanol–water partition coefficient (Wildman–Crippen LogP) is 3.43. The molecule has 142 valence electrons. The van der Waals surface area contributed by atoms with Crippen molar-refractivity contribution in [3.8, 4) is 11.3 Å². The van der Waals surface area contributed by atoms with Crippen molar-refractivity contribution in [1.82, 2.24) is 24.9 Å². The number of nitrogens with one attached hydrogen (secondary N) is 3. The Morgan fingerprint density at radius 3 is 2.75 bits per heavy atom. The molecule has 0 saturated carbocycles. The molecule has 0 radical (unpaired) electrons. The minimum Gasteiger partial charge on any atom is -0.354 e. The van der Waals surface area contributed by atoms with Crippen LogP contribution in [0, 0.1) is 6.92 Å². The lowest BCUT2D eigenvalue weighted by atomic mass is 10.0. The van der Waals surface area contributed by atoms with Gasteiger partial charge in [0.2, 0.25) is 5.95 Å². The van der Waals surface area contributed by atoms with E-state index >= 15 is 0 Å². The fourth-order valence-corrected chi connectivity index (χ4v) is 3.21. The molecule has 4 aromatic rings. The standard InChI is InChI=1S/C21H22N6O/c1-12(2)25-21-24-11-17(20(28)27-21)18-7-6-14(13(3)26-18)9-15-10-23-19-16(15)5-4-8-22-19/h4-8,10-12H,9H2,1-3H3,(H,22,23)(H2,24,25,27,28). The summed E-state index contributed by atoms with van der Waals surface area (Å²) < 4.78 is 0. The molecule has 3 N–H and O–H groups in total. The van der Waals surface area contributed by atoms with Crippen LogP contribution in [-0.2, 0) is 6.42 Å². The second kappa shape index (κ2) is 7.26. The van der Waals surface area contributed by atoms with E-state index in [0.29, 0.717) is 17.2 Å². The lowest BCUT2D eigenvalue weighted by Gasteiger charge is -2.10. The lowest BCUT2D eigenvalue weighted by Crippen LogP contribution is -2.18. The van der Waals surface area contributed by atoms with Gasteiger partial charge in [-0.25, -0.2) is 9.97 Å². The van der Waals surface area contributed by atoms with Gasteiger partial charge in [0.1, 0.15) is 5.65 Å². The Morgan fingerprint density at radius 2 is 2.00 bits per heavy atom. The first-order valence-corrected chi connectivity index (χ1v) is 9.25. The Bertz CT molecular complexity index is 1190. The van der Waals surface area contributed by atoms with Gasteiger partial charge in [-0.3, -0.25) is 14.8 Å². The van der Waals surface area contributed by atoms with Gasteiger partial charge in [-0.05, 0) is 50.1 Å². The smallest absolute Gasteiger partial charge is 0.261 e. The summed E-state index contributed by atoms with van der Waals surface area (Å²) in [6.45, 7) is 5.94. The van der Waals surface area contributed by atoms with E-state index < -0.39 is 0 Å². The first kappa shape index (κ1) is 17.9. The van der Waals surface area contributed by atoms with Gasteiger partial charge in [-0.1, -0.05) is 6.07 Å². The second-order valence-electron chi connectivity index (χ2n) is 7.10. The largest absolute Gasteiger partial charge is 0.354 e. The zero-order valence-electron chi connectivity index (χ0n) is 16.1. The first-order valence-electron chi connectivity index (χ1n) is 9.25. The summed E-state index contributed by atoms with van der Waals surface area (Å²) in [5.74, 6) is 0.463. The molecule has 0 atom stereocenters. The maximum absolute atomic E-state index is 12.4. The SMILES string of the molecule is Cc1nc(-c2cnc(NC(C)C)[nH]c2=O)ccc1Cc1c[nH]c2ncccc12. The topological polar surface area (TPSA) is 99.4 Å². The molecule has 4 aromatic heterocycles. The van der Waals surface area contributed by atoms with Crippen molar-refractivity contribution < 1.29 is 0 Å². The van der Waals surface area contributed by atoms with Crippen LogP contribution in [-0.4, -0.2) is 31.0 Å².